The zero-order valence-corrected chi connectivity index (χ0v) is 70.7. The molecule has 113 heavy (non-hydrogen) atoms. The fraction of sp³-hybridized carbons (Fsp3) is 0.383. The van der Waals surface area contributed by atoms with E-state index in [1.54, 1.807) is 215 Å². The van der Waals surface area contributed by atoms with Gasteiger partial charge in [0.25, 0.3) is 0 Å². The predicted octanol–water partition coefficient (Wildman–Crippen LogP) is 24.3. The maximum Gasteiger partial charge on any atom is 0.212 e. The van der Waals surface area contributed by atoms with E-state index in [4.69, 9.17) is 52.1 Å². The van der Waals surface area contributed by atoms with E-state index in [0.717, 1.165) is 106 Å². The second kappa shape index (κ2) is 39.3. The summed E-state index contributed by atoms with van der Waals surface area (Å²) in [5, 5.41) is 0. The zero-order chi connectivity index (χ0) is 116. The summed E-state index contributed by atoms with van der Waals surface area (Å²) >= 11 is 0. The van der Waals surface area contributed by atoms with Crippen LogP contribution in [0.3, 0.4) is 0 Å². The van der Waals surface area contributed by atoms with E-state index >= 15 is 0 Å². The number of rotatable bonds is 11. The van der Waals surface area contributed by atoms with Gasteiger partial charge in [0.2, 0.25) is 34.2 Å². The third kappa shape index (κ3) is 25.1. The lowest BCUT2D eigenvalue weighted by molar-refractivity contribution is -0.661. The molecule has 2 atom stereocenters. The Morgan fingerprint density at radius 1 is 0.310 bits per heavy atom. The first-order chi connectivity index (χ1) is 67.9. The summed E-state index contributed by atoms with van der Waals surface area (Å²) in [4.78, 5) is 0. The van der Waals surface area contributed by atoms with Gasteiger partial charge >= 0.3 is 0 Å². The summed E-state index contributed by atoms with van der Waals surface area (Å²) < 4.78 is 304. The maximum atomic E-state index is 8.50. The monoisotopic (exact) mass is 1550 g/mol. The Kier molecular flexibility index (Phi) is 17.3. The van der Waals surface area contributed by atoms with Crippen molar-refractivity contribution in [3.63, 3.8) is 0 Å². The minimum Gasteiger partial charge on any atom is -0.201 e. The van der Waals surface area contributed by atoms with Crippen LogP contribution >= 0.6 is 0 Å². The van der Waals surface area contributed by atoms with Gasteiger partial charge in [-0.15, -0.1) is 0 Å². The second-order valence-corrected chi connectivity index (χ2v) is 31.6. The van der Waals surface area contributed by atoms with Crippen LogP contribution in [0.4, 0.5) is 0 Å². The Morgan fingerprint density at radius 3 is 1.11 bits per heavy atom. The number of nitrogens with zero attached hydrogens (tertiary/aromatic N) is 6. The van der Waals surface area contributed by atoms with Crippen molar-refractivity contribution in [1.82, 2.24) is 0 Å². The molecule has 12 rings (SSSR count). The summed E-state index contributed by atoms with van der Waals surface area (Å²) in [5.74, 6) is -3.41. The summed E-state index contributed by atoms with van der Waals surface area (Å²) in [5.41, 5.74) is 21.3. The average Bonchev–Trinajstić information content (AvgIpc) is 0.687. The highest BCUT2D eigenvalue weighted by Gasteiger charge is 2.23. The third-order valence-corrected chi connectivity index (χ3v) is 19.2. The molecule has 2 unspecified atom stereocenters. The molecular weight excluding hydrogens is 1370 g/mol. The Bertz CT molecular complexity index is 6800. The minimum absolute atomic E-state index is 0.139. The van der Waals surface area contributed by atoms with E-state index in [1.807, 2.05) is 160 Å². The molecule has 0 N–H and O–H groups in total. The zero-order valence-electron chi connectivity index (χ0n) is 109. The second-order valence-electron chi connectivity index (χ2n) is 31.6. The molecule has 0 saturated heterocycles. The highest BCUT2D eigenvalue weighted by atomic mass is 14.9. The van der Waals surface area contributed by atoms with Gasteiger partial charge in [-0.25, -0.2) is 27.4 Å². The molecule has 0 saturated carbocycles. The number of hydrogen-bond acceptors (Lipinski definition) is 0. The molecule has 0 aliphatic carbocycles. The molecule has 12 aromatic rings. The smallest absolute Gasteiger partial charge is 0.201 e. The van der Waals surface area contributed by atoms with Crippen LogP contribution in [0.15, 0.2) is 195 Å². The lowest BCUT2D eigenvalue weighted by Crippen LogP contribution is -2.32. The Balaban J connectivity index is 0.000000245. The molecule has 6 heterocycles. The van der Waals surface area contributed by atoms with Gasteiger partial charge in [0.15, 0.2) is 37.2 Å². The fourth-order valence-electron chi connectivity index (χ4n) is 13.3. The molecule has 6 nitrogen and oxygen atoms in total. The van der Waals surface area contributed by atoms with Gasteiger partial charge in [-0.2, -0.15) is 0 Å². The highest BCUT2D eigenvalue weighted by Crippen LogP contribution is 2.33. The summed E-state index contributed by atoms with van der Waals surface area (Å²) in [7, 11) is 10.9. The molecule has 594 valence electrons. The number of pyridine rings is 6. The van der Waals surface area contributed by atoms with E-state index in [0.29, 0.717) is 61.2 Å². The first-order valence-corrected chi connectivity index (χ1v) is 37.6. The molecule has 0 aliphatic heterocycles. The molecule has 0 aliphatic rings. The van der Waals surface area contributed by atoms with Gasteiger partial charge in [-0.1, -0.05) is 136 Å². The van der Waals surface area contributed by atoms with Crippen molar-refractivity contribution in [3.8, 4) is 67.5 Å². The first kappa shape index (κ1) is 49.8. The Morgan fingerprint density at radius 2 is 0.690 bits per heavy atom. The van der Waals surface area contributed by atoms with Crippen LogP contribution in [-0.2, 0) is 61.4 Å². The number of aromatic nitrogens is 6. The van der Waals surface area contributed by atoms with Gasteiger partial charge in [0.05, 0.1) is 0 Å². The van der Waals surface area contributed by atoms with Gasteiger partial charge in [0.1, 0.15) is 42.3 Å². The van der Waals surface area contributed by atoms with Crippen molar-refractivity contribution < 1.29 is 79.5 Å². The van der Waals surface area contributed by atoms with Crippen LogP contribution in [0.1, 0.15) is 262 Å². The third-order valence-electron chi connectivity index (χ3n) is 19.2. The van der Waals surface area contributed by atoms with E-state index in [2.05, 4.69) is 0 Å². The number of benzene rings is 6. The fourth-order valence-corrected chi connectivity index (χ4v) is 13.3. The van der Waals surface area contributed by atoms with Crippen molar-refractivity contribution in [2.45, 2.75) is 224 Å². The molecular formula is C107H142N6+6. The summed E-state index contributed by atoms with van der Waals surface area (Å²) in [6.45, 7) is 9.61. The van der Waals surface area contributed by atoms with E-state index in [1.165, 1.54) is 13.8 Å². The largest absolute Gasteiger partial charge is 0.212 e. The maximum absolute atomic E-state index is 8.50. The molecule has 0 spiro atoms. The van der Waals surface area contributed by atoms with Crippen LogP contribution in [0.25, 0.3) is 67.5 Å². The van der Waals surface area contributed by atoms with E-state index in [-0.39, 0.29) is 22.3 Å². The number of aryl methyl sites for hydroxylation is 24. The Labute approximate surface area is 739 Å². The highest BCUT2D eigenvalue weighted by molar-refractivity contribution is 5.68. The molecule has 0 bridgehead atoms. The van der Waals surface area contributed by atoms with Gasteiger partial charge < -0.3 is 0 Å². The average molecular weight is 1550 g/mol. The van der Waals surface area contributed by atoms with Crippen molar-refractivity contribution in [3.05, 3.63) is 317 Å². The quantitative estimate of drug-likeness (QED) is 0.115. The summed E-state index contributed by atoms with van der Waals surface area (Å²) in [6.07, 6.45) is 4.66. The van der Waals surface area contributed by atoms with Crippen molar-refractivity contribution in [2.24, 2.45) is 53.1 Å². The summed E-state index contributed by atoms with van der Waals surface area (Å²) in [6, 6.07) is 45.1. The van der Waals surface area contributed by atoms with Crippen LogP contribution in [0.5, 0.6) is 0 Å². The Hall–Kier alpha value is -9.78. The van der Waals surface area contributed by atoms with E-state index < -0.39 is 110 Å². The van der Waals surface area contributed by atoms with Crippen LogP contribution in [0.2, 0.25) is 0 Å². The van der Waals surface area contributed by atoms with Crippen molar-refractivity contribution in [2.75, 3.05) is 0 Å². The first-order valence-electron chi connectivity index (χ1n) is 56.6. The molecule has 6 aromatic carbocycles. The number of hydrogen-bond donors (Lipinski definition) is 0. The molecule has 0 fully saturated rings. The molecule has 6 aromatic heterocycles. The van der Waals surface area contributed by atoms with Crippen LogP contribution < -0.4 is 27.4 Å². The molecule has 0 radical (unpaired) electrons. The van der Waals surface area contributed by atoms with Gasteiger partial charge in [-0.3, -0.25) is 0 Å². The van der Waals surface area contributed by atoms with Crippen LogP contribution in [0, 0.1) is 128 Å². The molecule has 6 heteroatoms. The SMILES string of the molecule is [2H]C([2H])([2H])c1cc(C)c(-c2ccc(C([2H])(C)C([2H])([2H])[2H])c[n+]2C)cc1C.[2H]C([2H])([2H])c1ccc(-c2cc(C([2H])([2H])C(C)(C)C)cc[n+]2C)c(C)c1.[2H]C([2H])([2H])c1ccc(-c2cc(C)c(C([2H])(C)C([2H])([2H])[2H])cc2C)[n+](C)c1.[2H]C([2H])([2H])c1ccc(-c2cc(C)c(C([2H])([2H])C([2H])([2H])[2H])cc2C)[n+](C)c1.[2H]C([2H])([2H])c1ccc(-c2cc(C)c(C([2H])([2H])[2H])cc2C)[n+](C)c1.[2H]C([2H])([2H])c1ccc(-c2ccc(C([2H])([2H])C(C)(C)C)c[n+]2C)c(C)c1. The normalized spacial score (nSPS) is 18.7. The van der Waals surface area contributed by atoms with Crippen molar-refractivity contribution >= 4 is 0 Å². The van der Waals surface area contributed by atoms with Crippen molar-refractivity contribution in [1.29, 1.82) is 0 Å². The van der Waals surface area contributed by atoms with Gasteiger partial charge in [-0.05, 0) is 309 Å². The lowest BCUT2D eigenvalue weighted by atomic mass is 9.88. The van der Waals surface area contributed by atoms with E-state index in [9.17, 15) is 0 Å². The molecule has 0 amide bonds. The topological polar surface area (TPSA) is 23.3 Å². The van der Waals surface area contributed by atoms with Gasteiger partial charge in [0, 0.05) is 156 Å². The lowest BCUT2D eigenvalue weighted by Gasteiger charge is -2.18. The standard InChI is InChI=1S/2C19H26N.2C18H24N.C17H22N.C16H20N/c1-14-7-9-17(15(2)11-14)18-10-8-16(13-20(18)6)12-19(3,4)5;1-14-7-8-17(15(2)11-14)18-12-16(9-10-20(18)6)13-19(3,4)5;1-12(2)16-7-8-18(19(6)11-16)17-10-14(4)13(3)9-15(17)5;1-12(2)16-9-15(5)17(10-14(16)4)18-8-7-13(3)11-19(18)6;1-6-15-9-14(4)16(10-13(15)3)17-8-7-12(2)11-18(17)5;1-11-6-7-16(17(5)10-11)15-9-13(3)12(2)8-14(15)4/h7-11,13H,12H2,1-6H3;7-12H,13H2,1-6H3;2*7-12H,1-6H3;7-11H,6H2,1-5H3;6-10H,1-5H3/q6*+1/i1D3,12D2;1D3,13D2;2*1D3,3D3,12D;1D3,2D3,6D2;1D3,2D3. The van der Waals surface area contributed by atoms with Crippen LogP contribution in [-0.4, -0.2) is 0 Å². The minimum atomic E-state index is -2.77. The predicted molar refractivity (Wildman–Crippen MR) is 483 cm³/mol.